The molecule has 0 bridgehead atoms. The molecule has 1 aliphatic rings. The maximum Gasteiger partial charge on any atom is 0.246 e. The number of para-hydroxylation sites is 1. The molecule has 0 unspecified atom stereocenters. The van der Waals surface area contributed by atoms with Gasteiger partial charge in [-0.2, -0.15) is 0 Å². The molecule has 1 aliphatic heterocycles. The normalized spacial score (nSPS) is 15.3. The number of anilines is 2. The van der Waals surface area contributed by atoms with E-state index in [9.17, 15) is 18.0 Å². The Morgan fingerprint density at radius 2 is 1.77 bits per heavy atom. The Bertz CT molecular complexity index is 1100. The van der Waals surface area contributed by atoms with Crippen LogP contribution in [0.3, 0.4) is 0 Å². The molecule has 2 aromatic rings. The molecule has 0 aliphatic carbocycles. The number of hydrogen-bond acceptors (Lipinski definition) is 4. The topological polar surface area (TPSA) is 86.8 Å². The van der Waals surface area contributed by atoms with Crippen LogP contribution in [-0.4, -0.2) is 51.0 Å². The fourth-order valence-corrected chi connectivity index (χ4v) is 5.12. The summed E-state index contributed by atoms with van der Waals surface area (Å²) in [5, 5.41) is 3.21. The first kappa shape index (κ1) is 23.1. The number of nitrogens with one attached hydrogen (secondary N) is 1. The highest BCUT2D eigenvalue weighted by molar-refractivity contribution is 7.93. The number of hydrogen-bond donors (Lipinski definition) is 1. The molecule has 0 radical (unpaired) electrons. The number of likely N-dealkylation sites (N-methyl/N-ethyl adjacent to an activating group) is 1. The first-order valence-corrected chi connectivity index (χ1v) is 11.8. The molecule has 0 spiro atoms. The van der Waals surface area contributed by atoms with E-state index >= 15 is 0 Å². The van der Waals surface area contributed by atoms with Gasteiger partial charge in [0.25, 0.3) is 0 Å². The van der Waals surface area contributed by atoms with Crippen molar-refractivity contribution < 1.29 is 18.0 Å². The number of carbonyl (C=O) groups is 2. The Morgan fingerprint density at radius 3 is 2.35 bits per heavy atom. The molecule has 1 saturated heterocycles. The van der Waals surface area contributed by atoms with Crippen molar-refractivity contribution in [1.29, 1.82) is 0 Å². The molecule has 3 rings (SSSR count). The van der Waals surface area contributed by atoms with Crippen LogP contribution < -0.4 is 9.62 Å². The molecule has 2 aromatic carbocycles. The number of halogens is 2. The quantitative estimate of drug-likeness (QED) is 0.637. The lowest BCUT2D eigenvalue weighted by Crippen LogP contribution is -2.34. The summed E-state index contributed by atoms with van der Waals surface area (Å²) in [6.07, 6.45) is 3.56. The zero-order valence-electron chi connectivity index (χ0n) is 16.7. The number of sulfonamides is 1. The molecule has 1 fully saturated rings. The molecule has 0 aromatic heterocycles. The average molecular weight is 482 g/mol. The minimum Gasteiger partial charge on any atom is -0.333 e. The van der Waals surface area contributed by atoms with Crippen LogP contribution in [0.5, 0.6) is 0 Å². The van der Waals surface area contributed by atoms with Crippen LogP contribution in [0.2, 0.25) is 10.0 Å². The molecule has 31 heavy (non-hydrogen) atoms. The van der Waals surface area contributed by atoms with Crippen molar-refractivity contribution in [3.8, 4) is 0 Å². The van der Waals surface area contributed by atoms with Gasteiger partial charge in [-0.05, 0) is 42.3 Å². The van der Waals surface area contributed by atoms with Gasteiger partial charge < -0.3 is 10.2 Å². The van der Waals surface area contributed by atoms with Gasteiger partial charge in [0, 0.05) is 19.7 Å². The van der Waals surface area contributed by atoms with Crippen LogP contribution in [0, 0.1) is 0 Å². The van der Waals surface area contributed by atoms with Crippen molar-refractivity contribution in [3.63, 3.8) is 0 Å². The lowest BCUT2D eigenvalue weighted by atomic mass is 10.2. The van der Waals surface area contributed by atoms with Crippen molar-refractivity contribution in [2.24, 2.45) is 0 Å². The standard InChI is InChI=1S/C21H21Cl2N3O4S/c1-25(14-19(27)24-21-17(22)4-2-5-18(21)23)20(28)11-8-15-6-9-16(10-7-15)26-12-3-13-31(26,29)30/h2,4-11H,3,12-14H2,1H3,(H,24,27)/b11-8+. The third-order valence-electron chi connectivity index (χ3n) is 4.68. The van der Waals surface area contributed by atoms with E-state index in [1.807, 2.05) is 0 Å². The fraction of sp³-hybridized carbons (Fsp3) is 0.238. The first-order chi connectivity index (χ1) is 14.7. The van der Waals surface area contributed by atoms with Crippen LogP contribution in [0.25, 0.3) is 6.08 Å². The highest BCUT2D eigenvalue weighted by atomic mass is 35.5. The molecule has 0 saturated carbocycles. The fourth-order valence-electron chi connectivity index (χ4n) is 3.07. The number of benzene rings is 2. The molecule has 10 heteroatoms. The molecular weight excluding hydrogens is 461 g/mol. The van der Waals surface area contributed by atoms with Gasteiger partial charge in [0.05, 0.1) is 33.7 Å². The zero-order valence-corrected chi connectivity index (χ0v) is 19.0. The van der Waals surface area contributed by atoms with Crippen molar-refractivity contribution in [2.75, 3.05) is 35.5 Å². The second-order valence-electron chi connectivity index (χ2n) is 7.01. The lowest BCUT2D eigenvalue weighted by molar-refractivity contribution is -0.129. The SMILES string of the molecule is CN(CC(=O)Nc1c(Cl)cccc1Cl)C(=O)/C=C/c1ccc(N2CCCS2(=O)=O)cc1. The summed E-state index contributed by atoms with van der Waals surface area (Å²) in [6.45, 7) is 0.290. The first-order valence-electron chi connectivity index (χ1n) is 9.45. The number of carbonyl (C=O) groups excluding carboxylic acids is 2. The number of amides is 2. The summed E-state index contributed by atoms with van der Waals surface area (Å²) in [5.74, 6) is -0.645. The highest BCUT2D eigenvalue weighted by Crippen LogP contribution is 2.29. The van der Waals surface area contributed by atoms with E-state index in [4.69, 9.17) is 23.2 Å². The zero-order chi connectivity index (χ0) is 22.6. The van der Waals surface area contributed by atoms with Gasteiger partial charge in [-0.3, -0.25) is 13.9 Å². The molecule has 0 atom stereocenters. The van der Waals surface area contributed by atoms with Crippen LogP contribution in [0.4, 0.5) is 11.4 Å². The predicted octanol–water partition coefficient (Wildman–Crippen LogP) is 3.64. The molecule has 2 amide bonds. The van der Waals surface area contributed by atoms with Crippen LogP contribution >= 0.6 is 23.2 Å². The Balaban J connectivity index is 1.57. The summed E-state index contributed by atoms with van der Waals surface area (Å²) >= 11 is 12.1. The maximum atomic E-state index is 12.3. The van der Waals surface area contributed by atoms with Gasteiger partial charge in [0.2, 0.25) is 21.8 Å². The van der Waals surface area contributed by atoms with E-state index in [1.54, 1.807) is 48.5 Å². The van der Waals surface area contributed by atoms with E-state index in [2.05, 4.69) is 5.32 Å². The van der Waals surface area contributed by atoms with Crippen LogP contribution in [0.1, 0.15) is 12.0 Å². The van der Waals surface area contributed by atoms with E-state index in [1.165, 1.54) is 22.3 Å². The van der Waals surface area contributed by atoms with Gasteiger partial charge in [0.15, 0.2) is 0 Å². The largest absolute Gasteiger partial charge is 0.333 e. The average Bonchev–Trinajstić information content (AvgIpc) is 3.08. The summed E-state index contributed by atoms with van der Waals surface area (Å²) in [4.78, 5) is 25.8. The van der Waals surface area contributed by atoms with Gasteiger partial charge >= 0.3 is 0 Å². The van der Waals surface area contributed by atoms with E-state index in [0.29, 0.717) is 34.4 Å². The van der Waals surface area contributed by atoms with Gasteiger partial charge in [-0.25, -0.2) is 8.42 Å². The Hall–Kier alpha value is -2.55. The summed E-state index contributed by atoms with van der Waals surface area (Å²) in [5.41, 5.74) is 1.63. The van der Waals surface area contributed by atoms with Crippen molar-refractivity contribution in [2.45, 2.75) is 6.42 Å². The number of rotatable bonds is 6. The maximum absolute atomic E-state index is 12.3. The molecular formula is C21H21Cl2N3O4S. The summed E-state index contributed by atoms with van der Waals surface area (Å²) < 4.78 is 25.4. The monoisotopic (exact) mass is 481 g/mol. The summed E-state index contributed by atoms with van der Waals surface area (Å²) in [7, 11) is -1.73. The molecule has 164 valence electrons. The third-order valence-corrected chi connectivity index (χ3v) is 7.18. The van der Waals surface area contributed by atoms with Gasteiger partial charge in [-0.1, -0.05) is 41.4 Å². The van der Waals surface area contributed by atoms with E-state index < -0.39 is 15.9 Å². The Labute approximate surface area is 191 Å². The van der Waals surface area contributed by atoms with E-state index in [-0.39, 0.29) is 18.2 Å². The second-order valence-corrected chi connectivity index (χ2v) is 9.83. The van der Waals surface area contributed by atoms with Crippen molar-refractivity contribution in [1.82, 2.24) is 4.90 Å². The minimum atomic E-state index is -3.23. The van der Waals surface area contributed by atoms with Crippen molar-refractivity contribution >= 4 is 62.5 Å². The molecule has 1 N–H and O–H groups in total. The predicted molar refractivity (Wildman–Crippen MR) is 124 cm³/mol. The van der Waals surface area contributed by atoms with Gasteiger partial charge in [-0.15, -0.1) is 0 Å². The minimum absolute atomic E-state index is 0.158. The highest BCUT2D eigenvalue weighted by Gasteiger charge is 2.28. The smallest absolute Gasteiger partial charge is 0.246 e. The number of nitrogens with zero attached hydrogens (tertiary/aromatic N) is 2. The van der Waals surface area contributed by atoms with Crippen LogP contribution in [0.15, 0.2) is 48.5 Å². The van der Waals surface area contributed by atoms with E-state index in [0.717, 1.165) is 5.56 Å². The molecule has 1 heterocycles. The third kappa shape index (κ3) is 5.78. The van der Waals surface area contributed by atoms with Crippen molar-refractivity contribution in [3.05, 3.63) is 64.1 Å². The second kappa shape index (κ2) is 9.72. The Kier molecular flexibility index (Phi) is 7.25. The Morgan fingerprint density at radius 1 is 1.13 bits per heavy atom. The summed E-state index contributed by atoms with van der Waals surface area (Å²) in [6, 6.07) is 11.8. The lowest BCUT2D eigenvalue weighted by Gasteiger charge is -2.17. The van der Waals surface area contributed by atoms with Crippen LogP contribution in [-0.2, 0) is 19.6 Å². The van der Waals surface area contributed by atoms with Gasteiger partial charge in [0.1, 0.15) is 0 Å². The molecule has 7 nitrogen and oxygen atoms in total.